The van der Waals surface area contributed by atoms with Gasteiger partial charge >= 0.3 is 7.12 Å². The molecule has 1 saturated heterocycles. The number of aliphatic hydroxyl groups excluding tert-OH is 2. The van der Waals surface area contributed by atoms with Gasteiger partial charge in [0, 0.05) is 66.7 Å². The van der Waals surface area contributed by atoms with Crippen molar-refractivity contribution in [3.63, 3.8) is 0 Å². The van der Waals surface area contributed by atoms with Crippen molar-refractivity contribution in [2.75, 3.05) is 78.1 Å². The first kappa shape index (κ1) is 127. The topological polar surface area (TPSA) is 293 Å². The summed E-state index contributed by atoms with van der Waals surface area (Å²) in [6.45, 7) is 43.6. The second-order valence-corrected chi connectivity index (χ2v) is 45.6. The molecule has 31 heteroatoms. The van der Waals surface area contributed by atoms with E-state index in [9.17, 15) is 19.2 Å². The molecule has 8 aliphatic heterocycles. The second kappa shape index (κ2) is 70.8. The Bertz CT molecular complexity index is 6440. The van der Waals surface area contributed by atoms with E-state index in [2.05, 4.69) is 228 Å². The van der Waals surface area contributed by atoms with Gasteiger partial charge in [0.15, 0.2) is 31.3 Å². The molecule has 0 bridgehead atoms. The Kier molecular flexibility index (Phi) is 59.7. The number of hydrogen-bond acceptors (Lipinski definition) is 20. The lowest BCUT2D eigenvalue weighted by atomic mass is 9.80. The minimum Gasteiger partial charge on any atom is -0.507 e. The summed E-state index contributed by atoms with van der Waals surface area (Å²) < 4.78 is 58.2. The summed E-state index contributed by atoms with van der Waals surface area (Å²) in [5.74, 6) is 4.22. The fourth-order valence-electron chi connectivity index (χ4n) is 15.8. The highest BCUT2D eigenvalue weighted by Gasteiger charge is 2.38. The highest BCUT2D eigenvalue weighted by molar-refractivity contribution is 14.1. The predicted octanol–water partition coefficient (Wildman–Crippen LogP) is 24.4. The standard InChI is InChI=1S/C25H19NO3.C18H15BrO3.C10H11IO.C10H12O2.C10H10O2.C10H10O.C8H7BrO2.C7H6BNO2.C7H7IO.C5H11NSi.C4H8O.C3H5Br.C2H7P.B2H4.H2/c1-26-19-7-4-6-16(11-19)17-9-10-24-21(12-17)23(27)13-25(29-24)22-15-28-14-18-5-2-3-8-20(18)22;19-12-5-6-17-14(7-12)16(20)8-18(22-17)15-10-21-9-11-3-1-2-4-13(11)15;1-2-7-12-8-9-5-3-4-6-10(9)11;2*11-5-9-7-12-6-8-3-1-2-4-10(8)9;1-8-6-11-7-9-4-2-3-5-10(8)9;1-5(10)7-4-6(9)2-3-8(7)11;9-5-6-2-1-3-7(4-6)8(10)11;8-7-4-2-1-3-6(7)5-9;1-5-6-7(2,3)4;1-2-4-5-3-1;1-2-3-4;1-3-2;1-2;/h2-12,22,25H,13-15H2;1-7,15,18H,8-10H2;2-6H,1,7-8H2;1-4,9,11H,5-7H2;1-5,9H,6-7H2;2-5H,1,6-7H2;2-4,11H,1H3;1-4,10-11H;1-4,9H,5H2;1H2,2-4H3;1-4H2;2H,1,3H2;3H,1-2H3;1-2H2;1H. The number of rotatable bonds is 14. The molecule has 6 unspecified atom stereocenters. The second-order valence-electron chi connectivity index (χ2n) is 35.2. The van der Waals surface area contributed by atoms with Gasteiger partial charge in [0.05, 0.1) is 149 Å². The Morgan fingerprint density at radius 3 is 1.54 bits per heavy atom. The van der Waals surface area contributed by atoms with Crippen LogP contribution in [0.1, 0.15) is 161 Å². The van der Waals surface area contributed by atoms with Gasteiger partial charge < -0.3 is 72.8 Å². The fraction of sp³-hybridized carbons (Fsp3) is 0.277. The minimum absolute atomic E-state index is 0. The molecule has 12 aromatic rings. The van der Waals surface area contributed by atoms with Crippen molar-refractivity contribution < 1.29 is 88.6 Å². The summed E-state index contributed by atoms with van der Waals surface area (Å²) in [5.41, 5.74) is 20.2. The number of Topliss-reactive ketones (excluding diaryl/α,β-unsaturated/α-hetero) is 3. The van der Waals surface area contributed by atoms with Gasteiger partial charge in [-0.3, -0.25) is 19.0 Å². The van der Waals surface area contributed by atoms with Crippen LogP contribution in [-0.2, 0) is 84.2 Å². The minimum atomic E-state index is -1.50. The quantitative estimate of drug-likeness (QED) is 0.00646. The molecule has 0 aromatic heterocycles. The molecule has 12 aromatic carbocycles. The van der Waals surface area contributed by atoms with Crippen LogP contribution in [0.5, 0.6) is 17.2 Å². The molecule has 0 saturated carbocycles. The summed E-state index contributed by atoms with van der Waals surface area (Å²) in [7, 11) is 2.38. The largest absolute Gasteiger partial charge is 0.507 e. The molecule has 5 N–H and O–H groups in total. The highest BCUT2D eigenvalue weighted by Crippen LogP contribution is 2.42. The van der Waals surface area contributed by atoms with Crippen molar-refractivity contribution in [1.82, 2.24) is 0 Å². The maximum atomic E-state index is 13.0. The fourth-order valence-corrected chi connectivity index (χ4v) is 18.1. The lowest BCUT2D eigenvalue weighted by molar-refractivity contribution is -0.110. The molecule has 0 radical (unpaired) electrons. The number of hydrogen-bond donors (Lipinski definition) is 5. The lowest BCUT2D eigenvalue weighted by Crippen LogP contribution is -2.36. The van der Waals surface area contributed by atoms with E-state index < -0.39 is 15.4 Å². The van der Waals surface area contributed by atoms with Crippen LogP contribution in [0.4, 0.5) is 5.69 Å². The van der Waals surface area contributed by atoms with Crippen molar-refractivity contribution in [1.29, 1.82) is 5.26 Å². The van der Waals surface area contributed by atoms with Gasteiger partial charge in [-0.1, -0.05) is 261 Å². The number of benzene rings is 12. The van der Waals surface area contributed by atoms with Gasteiger partial charge in [0.2, 0.25) is 0 Å². The number of nitrogens with zero attached hydrogens (tertiary/aromatic N) is 3. The molecule has 1 fully saturated rings. The van der Waals surface area contributed by atoms with Gasteiger partial charge in [-0.05, 0) is 278 Å². The number of allylic oxidation sites excluding steroid dienone is 1. The molecule has 8 heterocycles. The lowest BCUT2D eigenvalue weighted by Gasteiger charge is -2.35. The van der Waals surface area contributed by atoms with Crippen molar-refractivity contribution >= 4 is 179 Å². The average Bonchev–Trinajstić information content (AvgIpc) is 0.983. The summed E-state index contributed by atoms with van der Waals surface area (Å²) in [4.78, 5) is 50.4. The van der Waals surface area contributed by atoms with Crippen LogP contribution in [0.2, 0.25) is 19.6 Å². The summed E-state index contributed by atoms with van der Waals surface area (Å²) >= 11 is 14.2. The van der Waals surface area contributed by atoms with Crippen LogP contribution < -0.4 is 14.9 Å². The van der Waals surface area contributed by atoms with Crippen LogP contribution in [0.25, 0.3) is 21.5 Å². The zero-order valence-electron chi connectivity index (χ0n) is 86.2. The van der Waals surface area contributed by atoms with E-state index in [-0.39, 0.29) is 73.6 Å². The zero-order chi connectivity index (χ0) is 109. The number of aldehydes is 1. The van der Waals surface area contributed by atoms with Crippen LogP contribution in [0.15, 0.2) is 325 Å². The van der Waals surface area contributed by atoms with Gasteiger partial charge in [0.1, 0.15) is 35.7 Å². The smallest absolute Gasteiger partial charge is 0.488 e. The number of ether oxygens (including phenoxy) is 9. The number of alkyl halides is 1. The van der Waals surface area contributed by atoms with E-state index in [1.807, 2.05) is 185 Å². The Labute approximate surface area is 943 Å². The number of aromatic hydroxyl groups is 1. The van der Waals surface area contributed by atoms with E-state index in [0.29, 0.717) is 130 Å². The first-order chi connectivity index (χ1) is 72.6. The third-order valence-electron chi connectivity index (χ3n) is 23.1. The maximum Gasteiger partial charge on any atom is 0.488 e. The van der Waals surface area contributed by atoms with Gasteiger partial charge in [0.25, 0.3) is 0 Å². The Hall–Kier alpha value is -10.3. The van der Waals surface area contributed by atoms with Crippen LogP contribution >= 0.6 is 102 Å². The summed E-state index contributed by atoms with van der Waals surface area (Å²) in [5, 5.41) is 53.6. The zero-order valence-corrected chi connectivity index (χ0v) is 97.3. The molecule has 21 nitrogen and oxygen atoms in total. The number of phenolic OH excluding ortho intramolecular Hbond substituents is 1. The number of phenols is 1. The Balaban J connectivity index is 0.000000259. The number of fused-ring (bicyclic) bond motifs is 7. The molecule has 20 rings (SSSR count). The van der Waals surface area contributed by atoms with E-state index in [1.165, 1.54) is 85.5 Å². The van der Waals surface area contributed by atoms with Crippen LogP contribution in [0.3, 0.4) is 0 Å². The Morgan fingerprint density at radius 2 is 1.06 bits per heavy atom. The molecular formula is C119H134B3Br3I2N3O18PSi. The monoisotopic (exact) mass is 2480 g/mol. The van der Waals surface area contributed by atoms with E-state index in [1.54, 1.807) is 48.6 Å². The van der Waals surface area contributed by atoms with Gasteiger partial charge in [-0.2, -0.15) is 5.26 Å². The molecule has 0 aliphatic carbocycles. The molecule has 786 valence electrons. The number of halogens is 5. The third kappa shape index (κ3) is 43.0. The maximum absolute atomic E-state index is 13.0. The first-order valence-corrected chi connectivity index (χ1v) is 59.4. The summed E-state index contributed by atoms with van der Waals surface area (Å²) in [6, 6.07) is 88.3. The van der Waals surface area contributed by atoms with E-state index in [0.717, 1.165) is 85.9 Å². The van der Waals surface area contributed by atoms with Crippen molar-refractivity contribution in [3.05, 3.63) is 428 Å². The SMILES string of the molecule is BB.C1CCOC1.C=C1COCc2ccccc21.C=C=N[Si](C)(C)C.C=CCBr.C=CCOCc1ccccc1I.CC(=O)c1cc(Br)ccc1O.CPC.N#Cc1cccc(B(O)O)c1.O=C1CC(C2COCc3ccccc32)Oc2ccc(Br)cc21.O=CC1COCc2ccccc21.OCC1COCc2ccccc21.OCc1ccccc1I.[C-]#[N+]c1cccc(-c2ccc3c(c2)C(=O)CC(C2COCc4ccccc42)O3)c1.[HH]. The molecule has 6 atom stereocenters. The molecule has 0 amide bonds. The number of ketones is 3. The number of nitriles is 1. The number of carbonyl (C=O) groups is 4. The normalized spacial score (nSPS) is 16.3. The molecule has 8 aliphatic rings. The molecular weight excluding hydrogens is 2340 g/mol. The van der Waals surface area contributed by atoms with Crippen LogP contribution in [0, 0.1) is 25.0 Å². The first-order valence-electron chi connectivity index (χ1n) is 49.1. The Morgan fingerprint density at radius 1 is 0.587 bits per heavy atom. The van der Waals surface area contributed by atoms with E-state index in [4.69, 9.17) is 79.8 Å². The van der Waals surface area contributed by atoms with Gasteiger partial charge in [-0.25, -0.2) is 4.85 Å². The van der Waals surface area contributed by atoms with Crippen molar-refractivity contribution in [3.8, 4) is 34.4 Å². The third-order valence-corrected chi connectivity index (χ3v) is 27.4. The summed E-state index contributed by atoms with van der Waals surface area (Å²) in [6.07, 6.45) is 7.40. The van der Waals surface area contributed by atoms with Crippen molar-refractivity contribution in [2.24, 2.45) is 4.66 Å². The molecule has 0 spiro atoms. The van der Waals surface area contributed by atoms with E-state index >= 15 is 0 Å². The molecule has 150 heavy (non-hydrogen) atoms. The highest BCUT2D eigenvalue weighted by atomic mass is 127. The van der Waals surface area contributed by atoms with Crippen LogP contribution in [-0.4, -0.2) is 176 Å². The van der Waals surface area contributed by atoms with Gasteiger partial charge in [-0.15, -0.1) is 21.7 Å². The predicted molar refractivity (Wildman–Crippen MR) is 643 cm³/mol. The number of aliphatic hydroxyl groups is 2. The van der Waals surface area contributed by atoms with Crippen molar-refractivity contribution in [2.45, 2.75) is 134 Å². The number of carbonyl (C=O) groups excluding carboxylic acids is 4. The average molecular weight is 2480 g/mol.